The van der Waals surface area contributed by atoms with E-state index in [4.69, 9.17) is 9.84 Å². The van der Waals surface area contributed by atoms with E-state index in [1.807, 2.05) is 50.2 Å². The summed E-state index contributed by atoms with van der Waals surface area (Å²) in [5, 5.41) is 8.85. The molecule has 0 aliphatic heterocycles. The highest BCUT2D eigenvalue weighted by Crippen LogP contribution is 2.14. The fraction of sp³-hybridized carbons (Fsp3) is 0.455. The summed E-state index contributed by atoms with van der Waals surface area (Å²) < 4.78 is 5.62. The summed E-state index contributed by atoms with van der Waals surface area (Å²) in [6, 6.07) is 7.45. The number of ether oxygens (including phenoxy) is 1. The third-order valence-corrected chi connectivity index (χ3v) is 2.14. The second-order valence-electron chi connectivity index (χ2n) is 3.48. The number of hydrogen-bond donors (Lipinski definition) is 1. The van der Waals surface area contributed by atoms with Gasteiger partial charge in [-0.15, -0.1) is 0 Å². The molecule has 0 fully saturated rings. The van der Waals surface area contributed by atoms with E-state index < -0.39 is 0 Å². The van der Waals surface area contributed by atoms with Crippen molar-refractivity contribution < 1.29 is 9.84 Å². The van der Waals surface area contributed by atoms with E-state index in [9.17, 15) is 0 Å². The van der Waals surface area contributed by atoms with Crippen LogP contribution in [-0.2, 0) is 6.61 Å². The van der Waals surface area contributed by atoms with Crippen LogP contribution in [-0.4, -0.2) is 30.3 Å². The highest BCUT2D eigenvalue weighted by Gasteiger charge is 2.05. The van der Waals surface area contributed by atoms with E-state index in [0.717, 1.165) is 11.3 Å². The van der Waals surface area contributed by atoms with Crippen molar-refractivity contribution in [2.45, 2.75) is 19.8 Å². The molecule has 0 bridgehead atoms. The maximum Gasteiger partial charge on any atom is 0.149 e. The van der Waals surface area contributed by atoms with E-state index in [-0.39, 0.29) is 12.8 Å². The molecule has 0 saturated heterocycles. The average Bonchev–Trinajstić information content (AvgIpc) is 2.19. The smallest absolute Gasteiger partial charge is 0.149 e. The Balaban J connectivity index is 2.59. The van der Waals surface area contributed by atoms with Gasteiger partial charge in [0.25, 0.3) is 0 Å². The van der Waals surface area contributed by atoms with Gasteiger partial charge in [0.1, 0.15) is 12.0 Å². The summed E-state index contributed by atoms with van der Waals surface area (Å²) in [6.07, 6.45) is 0.0509. The lowest BCUT2D eigenvalue weighted by Crippen LogP contribution is -2.30. The summed E-state index contributed by atoms with van der Waals surface area (Å²) in [5.74, 6) is 0.823. The van der Waals surface area contributed by atoms with E-state index in [0.29, 0.717) is 0 Å². The van der Waals surface area contributed by atoms with Crippen molar-refractivity contribution in [3.05, 3.63) is 29.8 Å². The molecule has 0 saturated carbocycles. The highest BCUT2D eigenvalue weighted by atomic mass is 16.5. The number of hydrogen-bond acceptors (Lipinski definition) is 3. The van der Waals surface area contributed by atoms with Gasteiger partial charge in [-0.25, -0.2) is 0 Å². The molecule has 1 unspecified atom stereocenters. The van der Waals surface area contributed by atoms with Crippen molar-refractivity contribution in [2.75, 3.05) is 14.1 Å². The summed E-state index contributed by atoms with van der Waals surface area (Å²) in [4.78, 5) is 1.99. The van der Waals surface area contributed by atoms with Crippen LogP contribution in [0.3, 0.4) is 0 Å². The normalized spacial score (nSPS) is 12.9. The Labute approximate surface area is 84.9 Å². The Morgan fingerprint density at radius 1 is 1.29 bits per heavy atom. The van der Waals surface area contributed by atoms with Crippen LogP contribution in [0.5, 0.6) is 5.75 Å². The predicted octanol–water partition coefficient (Wildman–Crippen LogP) is 1.47. The first-order valence-electron chi connectivity index (χ1n) is 4.66. The quantitative estimate of drug-likeness (QED) is 0.738. The van der Waals surface area contributed by atoms with Crippen LogP contribution in [0, 0.1) is 0 Å². The van der Waals surface area contributed by atoms with Gasteiger partial charge in [0.05, 0.1) is 6.61 Å². The molecule has 1 N–H and O–H groups in total. The van der Waals surface area contributed by atoms with Gasteiger partial charge in [-0.3, -0.25) is 4.90 Å². The molecule has 0 radical (unpaired) electrons. The lowest BCUT2D eigenvalue weighted by Gasteiger charge is -2.21. The molecular weight excluding hydrogens is 178 g/mol. The number of rotatable bonds is 4. The van der Waals surface area contributed by atoms with Crippen molar-refractivity contribution in [2.24, 2.45) is 0 Å². The van der Waals surface area contributed by atoms with Crippen LogP contribution in [0.1, 0.15) is 12.5 Å². The molecule has 14 heavy (non-hydrogen) atoms. The topological polar surface area (TPSA) is 32.7 Å². The minimum Gasteiger partial charge on any atom is -0.475 e. The van der Waals surface area contributed by atoms with E-state index >= 15 is 0 Å². The van der Waals surface area contributed by atoms with Gasteiger partial charge >= 0.3 is 0 Å². The zero-order valence-electron chi connectivity index (χ0n) is 8.90. The largest absolute Gasteiger partial charge is 0.475 e. The van der Waals surface area contributed by atoms with Crippen molar-refractivity contribution in [3.8, 4) is 5.75 Å². The Morgan fingerprint density at radius 3 is 2.29 bits per heavy atom. The average molecular weight is 195 g/mol. The van der Waals surface area contributed by atoms with Gasteiger partial charge in [-0.2, -0.15) is 0 Å². The minimum absolute atomic E-state index is 0.0509. The second-order valence-corrected chi connectivity index (χ2v) is 3.48. The van der Waals surface area contributed by atoms with Gasteiger partial charge in [0, 0.05) is 0 Å². The Kier molecular flexibility index (Phi) is 3.92. The van der Waals surface area contributed by atoms with Crippen molar-refractivity contribution in [3.63, 3.8) is 0 Å². The lowest BCUT2D eigenvalue weighted by molar-refractivity contribution is 0.0815. The van der Waals surface area contributed by atoms with Gasteiger partial charge in [-0.05, 0) is 38.7 Å². The van der Waals surface area contributed by atoms with E-state index in [2.05, 4.69) is 0 Å². The summed E-state index contributed by atoms with van der Waals surface area (Å²) in [7, 11) is 3.93. The van der Waals surface area contributed by atoms with E-state index in [1.165, 1.54) is 0 Å². The molecule has 3 heteroatoms. The molecule has 1 atom stereocenters. The molecule has 1 rings (SSSR count). The van der Waals surface area contributed by atoms with Gasteiger partial charge in [-0.1, -0.05) is 12.1 Å². The first-order valence-corrected chi connectivity index (χ1v) is 4.66. The Bertz CT molecular complexity index is 269. The first kappa shape index (κ1) is 11.0. The zero-order valence-corrected chi connectivity index (χ0v) is 8.90. The molecule has 0 aliphatic carbocycles. The van der Waals surface area contributed by atoms with Gasteiger partial charge in [0.15, 0.2) is 0 Å². The summed E-state index contributed by atoms with van der Waals surface area (Å²) >= 11 is 0. The molecule has 0 aromatic heterocycles. The maximum atomic E-state index is 8.85. The Hall–Kier alpha value is -1.06. The van der Waals surface area contributed by atoms with Crippen LogP contribution >= 0.6 is 0 Å². The van der Waals surface area contributed by atoms with Crippen LogP contribution in [0.4, 0.5) is 0 Å². The Morgan fingerprint density at radius 2 is 1.86 bits per heavy atom. The summed E-state index contributed by atoms with van der Waals surface area (Å²) in [5.41, 5.74) is 0.898. The monoisotopic (exact) mass is 195 g/mol. The van der Waals surface area contributed by atoms with Gasteiger partial charge < -0.3 is 9.84 Å². The van der Waals surface area contributed by atoms with Crippen molar-refractivity contribution in [1.29, 1.82) is 0 Å². The fourth-order valence-electron chi connectivity index (χ4n) is 0.976. The third-order valence-electron chi connectivity index (χ3n) is 2.14. The lowest BCUT2D eigenvalue weighted by atomic mass is 10.2. The third kappa shape index (κ3) is 3.01. The van der Waals surface area contributed by atoms with Gasteiger partial charge in [0.2, 0.25) is 0 Å². The van der Waals surface area contributed by atoms with E-state index in [1.54, 1.807) is 0 Å². The summed E-state index contributed by atoms with van der Waals surface area (Å²) in [6.45, 7) is 2.06. The number of nitrogens with zero attached hydrogens (tertiary/aromatic N) is 1. The zero-order chi connectivity index (χ0) is 10.6. The van der Waals surface area contributed by atoms with Crippen LogP contribution < -0.4 is 4.74 Å². The molecule has 3 nitrogen and oxygen atoms in total. The standard InChI is InChI=1S/C11H17NO2/c1-9(12(2)3)14-11-6-4-10(8-13)5-7-11/h4-7,9,13H,8H2,1-3H3. The molecule has 1 aromatic carbocycles. The maximum absolute atomic E-state index is 8.85. The number of benzene rings is 1. The predicted molar refractivity (Wildman–Crippen MR) is 56.1 cm³/mol. The first-order chi connectivity index (χ1) is 6.63. The number of aliphatic hydroxyl groups excluding tert-OH is 1. The van der Waals surface area contributed by atoms with Crippen molar-refractivity contribution in [1.82, 2.24) is 4.90 Å². The fourth-order valence-corrected chi connectivity index (χ4v) is 0.976. The number of aliphatic hydroxyl groups is 1. The molecule has 1 aromatic rings. The highest BCUT2D eigenvalue weighted by molar-refractivity contribution is 5.26. The molecular formula is C11H17NO2. The molecule has 78 valence electrons. The van der Waals surface area contributed by atoms with Crippen LogP contribution in [0.15, 0.2) is 24.3 Å². The SMILES string of the molecule is CC(Oc1ccc(CO)cc1)N(C)C. The second kappa shape index (κ2) is 4.98. The molecule has 0 heterocycles. The minimum atomic E-state index is 0.0509. The molecule has 0 aliphatic rings. The van der Waals surface area contributed by atoms with Crippen molar-refractivity contribution >= 4 is 0 Å². The molecule has 0 amide bonds. The van der Waals surface area contributed by atoms with Crippen LogP contribution in [0.25, 0.3) is 0 Å². The van der Waals surface area contributed by atoms with Crippen LogP contribution in [0.2, 0.25) is 0 Å². The molecule has 0 spiro atoms.